The first-order valence-electron chi connectivity index (χ1n) is 12.2. The van der Waals surface area contributed by atoms with Crippen molar-refractivity contribution in [2.24, 2.45) is 0 Å². The minimum absolute atomic E-state index is 0.00764. The molecule has 0 atom stereocenters. The third kappa shape index (κ3) is 5.48. The Kier molecular flexibility index (Phi) is 7.71. The second-order valence-electron chi connectivity index (χ2n) is 8.38. The van der Waals surface area contributed by atoms with Crippen LogP contribution in [0.15, 0.2) is 61.2 Å². The van der Waals surface area contributed by atoms with E-state index in [-0.39, 0.29) is 42.7 Å². The van der Waals surface area contributed by atoms with Gasteiger partial charge in [-0.2, -0.15) is 5.10 Å². The van der Waals surface area contributed by atoms with Crippen LogP contribution >= 0.6 is 0 Å². The van der Waals surface area contributed by atoms with Crippen LogP contribution in [0.5, 0.6) is 11.5 Å². The zero-order chi connectivity index (χ0) is 28.1. The van der Waals surface area contributed by atoms with Gasteiger partial charge in [0, 0.05) is 35.5 Å². The molecule has 13 heteroatoms. The number of benzene rings is 2. The smallest absolute Gasteiger partial charge is 0.272 e. The van der Waals surface area contributed by atoms with Crippen molar-refractivity contribution >= 4 is 22.6 Å². The largest absolute Gasteiger partial charge is 0.494 e. The highest BCUT2D eigenvalue weighted by Gasteiger charge is 2.20. The van der Waals surface area contributed by atoms with Gasteiger partial charge in [-0.3, -0.25) is 14.5 Å². The molecule has 3 aromatic heterocycles. The number of fused-ring (bicyclic) bond motifs is 1. The third-order valence-electron chi connectivity index (χ3n) is 5.88. The monoisotopic (exact) mass is 546 g/mol. The Bertz CT molecular complexity index is 1640. The van der Waals surface area contributed by atoms with E-state index in [0.29, 0.717) is 28.2 Å². The van der Waals surface area contributed by atoms with Crippen molar-refractivity contribution in [2.45, 2.75) is 13.5 Å². The molecule has 0 aliphatic carbocycles. The number of rotatable bonds is 10. The summed E-state index contributed by atoms with van der Waals surface area (Å²) in [6.45, 7) is 1.87. The Hall–Kier alpha value is -5.20. The van der Waals surface area contributed by atoms with Gasteiger partial charge in [0.1, 0.15) is 28.8 Å². The quantitative estimate of drug-likeness (QED) is 0.251. The first-order valence-corrected chi connectivity index (χ1v) is 12.2. The standard InChI is InChI=1S/C27H24F2N8O3/c1-3-40-16-10-19(28)18(20(29)11-16)14-37-22-7-5-4-6-17(22)24(36-37)26-32-13-23(39-2)25(35-26)33-15-34-27(38)21-12-30-8-9-31-21/h4-13H,3,14-15H2,1-2H3,(H,34,38)(H,32,33,35). The first kappa shape index (κ1) is 26.4. The topological polar surface area (TPSA) is 129 Å². The van der Waals surface area contributed by atoms with Crippen molar-refractivity contribution in [3.63, 3.8) is 0 Å². The highest BCUT2D eigenvalue weighted by molar-refractivity contribution is 5.92. The Morgan fingerprint density at radius 2 is 1.88 bits per heavy atom. The summed E-state index contributed by atoms with van der Waals surface area (Å²) in [7, 11) is 1.46. The Morgan fingerprint density at radius 1 is 1.07 bits per heavy atom. The lowest BCUT2D eigenvalue weighted by atomic mass is 10.1. The molecule has 5 rings (SSSR count). The molecule has 0 fully saturated rings. The van der Waals surface area contributed by atoms with Crippen molar-refractivity contribution in [2.75, 3.05) is 25.7 Å². The number of nitrogens with one attached hydrogen (secondary N) is 2. The molecule has 5 aromatic rings. The van der Waals surface area contributed by atoms with Crippen LogP contribution in [-0.4, -0.2) is 56.0 Å². The number of ether oxygens (including phenoxy) is 2. The van der Waals surface area contributed by atoms with Crippen LogP contribution < -0.4 is 20.1 Å². The maximum absolute atomic E-state index is 14.8. The Labute approximate surface area is 227 Å². The minimum atomic E-state index is -0.736. The number of halogens is 2. The molecule has 0 spiro atoms. The molecule has 0 unspecified atom stereocenters. The third-order valence-corrected chi connectivity index (χ3v) is 5.88. The van der Waals surface area contributed by atoms with Gasteiger partial charge >= 0.3 is 0 Å². The van der Waals surface area contributed by atoms with Gasteiger partial charge in [-0.25, -0.2) is 23.7 Å². The highest BCUT2D eigenvalue weighted by Crippen LogP contribution is 2.30. The van der Waals surface area contributed by atoms with E-state index in [4.69, 9.17) is 9.47 Å². The van der Waals surface area contributed by atoms with Gasteiger partial charge in [-0.05, 0) is 13.0 Å². The van der Waals surface area contributed by atoms with Crippen LogP contribution in [0.4, 0.5) is 14.6 Å². The van der Waals surface area contributed by atoms with E-state index in [1.54, 1.807) is 19.1 Å². The van der Waals surface area contributed by atoms with Crippen LogP contribution in [0.2, 0.25) is 0 Å². The maximum Gasteiger partial charge on any atom is 0.272 e. The highest BCUT2D eigenvalue weighted by atomic mass is 19.1. The summed E-state index contributed by atoms with van der Waals surface area (Å²) in [5.41, 5.74) is 1.05. The zero-order valence-corrected chi connectivity index (χ0v) is 21.6. The second-order valence-corrected chi connectivity index (χ2v) is 8.38. The lowest BCUT2D eigenvalue weighted by molar-refractivity contribution is 0.0951. The fourth-order valence-electron chi connectivity index (χ4n) is 4.02. The summed E-state index contributed by atoms with van der Waals surface area (Å²) in [6.07, 6.45) is 5.71. The van der Waals surface area contributed by atoms with E-state index in [2.05, 4.69) is 35.7 Å². The molecule has 3 heterocycles. The summed E-state index contributed by atoms with van der Waals surface area (Å²) in [5.74, 6) is -0.903. The predicted molar refractivity (Wildman–Crippen MR) is 142 cm³/mol. The van der Waals surface area contributed by atoms with Crippen molar-refractivity contribution < 1.29 is 23.0 Å². The number of carbonyl (C=O) groups excluding carboxylic acids is 1. The Balaban J connectivity index is 1.43. The molecule has 1 amide bonds. The Morgan fingerprint density at radius 3 is 2.60 bits per heavy atom. The van der Waals surface area contributed by atoms with Crippen molar-refractivity contribution in [1.82, 2.24) is 35.0 Å². The van der Waals surface area contributed by atoms with E-state index < -0.39 is 17.5 Å². The number of para-hydroxylation sites is 1. The second kappa shape index (κ2) is 11.7. The molecule has 11 nitrogen and oxygen atoms in total. The van der Waals surface area contributed by atoms with Crippen molar-refractivity contribution in [3.05, 3.63) is 84.1 Å². The van der Waals surface area contributed by atoms with Crippen LogP contribution in [0, 0.1) is 11.6 Å². The molecule has 0 aliphatic rings. The number of methoxy groups -OCH3 is 1. The molecule has 0 bridgehead atoms. The summed E-state index contributed by atoms with van der Waals surface area (Å²) in [5, 5.41) is 11.0. The summed E-state index contributed by atoms with van der Waals surface area (Å²) < 4.78 is 41.7. The number of anilines is 1. The number of hydrogen-bond acceptors (Lipinski definition) is 9. The van der Waals surface area contributed by atoms with Gasteiger partial charge in [0.15, 0.2) is 17.4 Å². The number of amides is 1. The normalized spacial score (nSPS) is 10.9. The zero-order valence-electron chi connectivity index (χ0n) is 21.6. The molecule has 0 saturated heterocycles. The molecular formula is C27H24F2N8O3. The van der Waals surface area contributed by atoms with Crippen LogP contribution in [0.3, 0.4) is 0 Å². The molecule has 0 aliphatic heterocycles. The van der Waals surface area contributed by atoms with Gasteiger partial charge in [0.2, 0.25) is 0 Å². The average molecular weight is 547 g/mol. The minimum Gasteiger partial charge on any atom is -0.494 e. The van der Waals surface area contributed by atoms with Crippen LogP contribution in [0.25, 0.3) is 22.4 Å². The summed E-state index contributed by atoms with van der Waals surface area (Å²) >= 11 is 0. The van der Waals surface area contributed by atoms with Crippen molar-refractivity contribution in [3.8, 4) is 23.0 Å². The van der Waals surface area contributed by atoms with E-state index in [0.717, 1.165) is 12.1 Å². The van der Waals surface area contributed by atoms with E-state index in [9.17, 15) is 13.6 Å². The maximum atomic E-state index is 14.8. The molecule has 2 aromatic carbocycles. The average Bonchev–Trinajstić information content (AvgIpc) is 3.34. The SMILES string of the molecule is CCOc1cc(F)c(Cn2nc(-c3ncc(OC)c(NCNC(=O)c4cnccn4)n3)c3ccccc32)c(F)c1. The van der Waals surface area contributed by atoms with Crippen LogP contribution in [-0.2, 0) is 6.54 Å². The molecule has 40 heavy (non-hydrogen) atoms. The number of hydrogen-bond donors (Lipinski definition) is 2. The van der Waals surface area contributed by atoms with Gasteiger partial charge in [0.05, 0.1) is 44.8 Å². The summed E-state index contributed by atoms with van der Waals surface area (Å²) in [4.78, 5) is 29.1. The fourth-order valence-corrected chi connectivity index (χ4v) is 4.02. The number of nitrogens with zero attached hydrogens (tertiary/aromatic N) is 6. The summed E-state index contributed by atoms with van der Waals surface area (Å²) in [6, 6.07) is 9.55. The lowest BCUT2D eigenvalue weighted by Gasteiger charge is -2.11. The van der Waals surface area contributed by atoms with E-state index in [1.165, 1.54) is 36.6 Å². The molecule has 0 radical (unpaired) electrons. The van der Waals surface area contributed by atoms with Crippen LogP contribution in [0.1, 0.15) is 23.0 Å². The molecule has 204 valence electrons. The van der Waals surface area contributed by atoms with Gasteiger partial charge in [-0.1, -0.05) is 18.2 Å². The number of carbonyl (C=O) groups is 1. The molecular weight excluding hydrogens is 522 g/mol. The van der Waals surface area contributed by atoms with Gasteiger partial charge < -0.3 is 20.1 Å². The van der Waals surface area contributed by atoms with Crippen molar-refractivity contribution in [1.29, 1.82) is 0 Å². The molecule has 2 N–H and O–H groups in total. The molecule has 0 saturated carbocycles. The fraction of sp³-hybridized carbons (Fsp3) is 0.185. The lowest BCUT2D eigenvalue weighted by Crippen LogP contribution is -2.30. The van der Waals surface area contributed by atoms with E-state index in [1.807, 2.05) is 12.1 Å². The van der Waals surface area contributed by atoms with Gasteiger partial charge in [-0.15, -0.1) is 0 Å². The van der Waals surface area contributed by atoms with Gasteiger partial charge in [0.25, 0.3) is 5.91 Å². The first-order chi connectivity index (χ1) is 19.5. The number of aromatic nitrogens is 6. The van der Waals surface area contributed by atoms with E-state index >= 15 is 0 Å². The predicted octanol–water partition coefficient (Wildman–Crippen LogP) is 3.82.